The van der Waals surface area contributed by atoms with Gasteiger partial charge >= 0.3 is 0 Å². The summed E-state index contributed by atoms with van der Waals surface area (Å²) in [5.74, 6) is 1.36. The van der Waals surface area contributed by atoms with Crippen LogP contribution in [0.4, 0.5) is 0 Å². The Labute approximate surface area is 361 Å². The van der Waals surface area contributed by atoms with Crippen LogP contribution in [0.15, 0.2) is 211 Å². The van der Waals surface area contributed by atoms with Gasteiger partial charge in [0.2, 0.25) is 0 Å². The van der Waals surface area contributed by atoms with Crippen LogP contribution in [0.2, 0.25) is 0 Å². The summed E-state index contributed by atoms with van der Waals surface area (Å²) in [7, 11) is 0. The van der Waals surface area contributed by atoms with Gasteiger partial charge in [0.1, 0.15) is 11.2 Å². The molecule has 0 fully saturated rings. The standard InChI is InChI=1S/C56H34N4OS/c1-3-12-37(13-4-1)48-32-49(60-56(59-48)40-28-22-35(23-29-40)41-33-57-55(58-34-41)39-14-5-2-6-15-39)38-26-24-36(25-27-38)42-30-31-44(53-52(42)47-17-7-9-20-50(47)61-53)46-19-11-18-45-43-16-8-10-21-51(43)62-54(45)46/h1-34H. The highest BCUT2D eigenvalue weighted by Gasteiger charge is 2.20. The van der Waals surface area contributed by atoms with E-state index in [1.807, 2.05) is 78.3 Å². The molecule has 0 aliphatic carbocycles. The fourth-order valence-corrected chi connectivity index (χ4v) is 9.80. The second kappa shape index (κ2) is 14.9. The van der Waals surface area contributed by atoms with Crippen molar-refractivity contribution in [1.29, 1.82) is 0 Å². The highest BCUT2D eigenvalue weighted by Crippen LogP contribution is 2.46. The topological polar surface area (TPSA) is 64.7 Å². The minimum Gasteiger partial charge on any atom is -0.455 e. The average molecular weight is 811 g/mol. The first-order chi connectivity index (χ1) is 30.7. The van der Waals surface area contributed by atoms with E-state index in [1.165, 1.54) is 25.7 Å². The SMILES string of the molecule is c1ccc(-c2cc(-c3ccc(-c4ccc(-c5cccc6c5sc5ccccc56)c5oc6ccccc6c45)cc3)nc(-c3ccc(-c4cnc(-c5ccccc5)nc4)cc3)n2)cc1. The lowest BCUT2D eigenvalue weighted by atomic mass is 9.93. The summed E-state index contributed by atoms with van der Waals surface area (Å²) in [4.78, 5) is 19.5. The van der Waals surface area contributed by atoms with Gasteiger partial charge in [-0.05, 0) is 41.0 Å². The van der Waals surface area contributed by atoms with Gasteiger partial charge in [0.05, 0.1) is 11.4 Å². The molecule has 4 heterocycles. The predicted octanol–water partition coefficient (Wildman–Crippen LogP) is 15.2. The molecule has 5 nitrogen and oxygen atoms in total. The molecule has 12 aromatic rings. The molecule has 0 atom stereocenters. The van der Waals surface area contributed by atoms with E-state index in [0.717, 1.165) is 83.4 Å². The largest absolute Gasteiger partial charge is 0.455 e. The van der Waals surface area contributed by atoms with Crippen molar-refractivity contribution in [3.8, 4) is 78.7 Å². The lowest BCUT2D eigenvalue weighted by molar-refractivity contribution is 0.670. The molecule has 0 spiro atoms. The smallest absolute Gasteiger partial charge is 0.160 e. The van der Waals surface area contributed by atoms with Crippen LogP contribution in [0, 0.1) is 0 Å². The van der Waals surface area contributed by atoms with E-state index in [2.05, 4.69) is 149 Å². The zero-order chi connectivity index (χ0) is 41.0. The van der Waals surface area contributed by atoms with E-state index in [-0.39, 0.29) is 0 Å². The first-order valence-electron chi connectivity index (χ1n) is 20.6. The summed E-state index contributed by atoms with van der Waals surface area (Å²) in [5.41, 5.74) is 13.9. The minimum absolute atomic E-state index is 0.656. The van der Waals surface area contributed by atoms with Gasteiger partial charge in [-0.25, -0.2) is 19.9 Å². The van der Waals surface area contributed by atoms with Crippen LogP contribution in [-0.2, 0) is 0 Å². The molecule has 8 aromatic carbocycles. The maximum absolute atomic E-state index is 6.76. The summed E-state index contributed by atoms with van der Waals surface area (Å²) >= 11 is 1.84. The van der Waals surface area contributed by atoms with Crippen LogP contribution < -0.4 is 0 Å². The number of aromatic nitrogens is 4. The van der Waals surface area contributed by atoms with Gasteiger partial charge in [-0.1, -0.05) is 170 Å². The van der Waals surface area contributed by atoms with Crippen molar-refractivity contribution in [3.63, 3.8) is 0 Å². The summed E-state index contributed by atoms with van der Waals surface area (Å²) in [5, 5.41) is 4.77. The Hall–Kier alpha value is -8.06. The van der Waals surface area contributed by atoms with Crippen LogP contribution in [0.1, 0.15) is 0 Å². The molecule has 62 heavy (non-hydrogen) atoms. The lowest BCUT2D eigenvalue weighted by Crippen LogP contribution is -1.96. The van der Waals surface area contributed by atoms with E-state index in [4.69, 9.17) is 14.4 Å². The van der Waals surface area contributed by atoms with E-state index in [9.17, 15) is 0 Å². The van der Waals surface area contributed by atoms with E-state index < -0.39 is 0 Å². The van der Waals surface area contributed by atoms with Crippen molar-refractivity contribution in [2.24, 2.45) is 0 Å². The molecule has 12 rings (SSSR count). The van der Waals surface area contributed by atoms with Crippen molar-refractivity contribution >= 4 is 53.4 Å². The summed E-state index contributed by atoms with van der Waals surface area (Å²) in [6.45, 7) is 0. The van der Waals surface area contributed by atoms with Crippen molar-refractivity contribution in [2.45, 2.75) is 0 Å². The van der Waals surface area contributed by atoms with Gasteiger partial charge in [0.25, 0.3) is 0 Å². The van der Waals surface area contributed by atoms with Crippen LogP contribution >= 0.6 is 11.3 Å². The molecule has 0 saturated carbocycles. The number of nitrogens with zero attached hydrogens (tertiary/aromatic N) is 4. The summed E-state index contributed by atoms with van der Waals surface area (Å²) in [6, 6.07) is 67.5. The van der Waals surface area contributed by atoms with E-state index in [1.54, 1.807) is 0 Å². The molecular weight excluding hydrogens is 777 g/mol. The number of hydrogen-bond acceptors (Lipinski definition) is 6. The van der Waals surface area contributed by atoms with Crippen molar-refractivity contribution in [1.82, 2.24) is 19.9 Å². The number of furan rings is 1. The van der Waals surface area contributed by atoms with Crippen LogP contribution in [0.5, 0.6) is 0 Å². The van der Waals surface area contributed by atoms with Crippen molar-refractivity contribution in [2.75, 3.05) is 0 Å². The molecule has 290 valence electrons. The first-order valence-corrected chi connectivity index (χ1v) is 21.4. The highest BCUT2D eigenvalue weighted by molar-refractivity contribution is 7.26. The number of hydrogen-bond donors (Lipinski definition) is 0. The van der Waals surface area contributed by atoms with Crippen molar-refractivity contribution in [3.05, 3.63) is 207 Å². The van der Waals surface area contributed by atoms with Gasteiger partial charge < -0.3 is 4.42 Å². The molecular formula is C56H34N4OS. The third-order valence-electron chi connectivity index (χ3n) is 11.7. The van der Waals surface area contributed by atoms with Crippen molar-refractivity contribution < 1.29 is 4.42 Å². The first kappa shape index (κ1) is 35.8. The second-order valence-electron chi connectivity index (χ2n) is 15.4. The van der Waals surface area contributed by atoms with Gasteiger partial charge in [0.15, 0.2) is 11.6 Å². The lowest BCUT2D eigenvalue weighted by Gasteiger charge is -2.12. The number of rotatable bonds is 7. The Balaban J connectivity index is 0.920. The Bertz CT molecular complexity index is 3600. The maximum atomic E-state index is 6.76. The molecule has 6 heteroatoms. The fourth-order valence-electron chi connectivity index (χ4n) is 8.57. The summed E-state index contributed by atoms with van der Waals surface area (Å²) < 4.78 is 9.32. The molecule has 0 bridgehead atoms. The monoisotopic (exact) mass is 810 g/mol. The number of para-hydroxylation sites is 1. The zero-order valence-electron chi connectivity index (χ0n) is 33.2. The Morgan fingerprint density at radius 3 is 1.69 bits per heavy atom. The van der Waals surface area contributed by atoms with Crippen LogP contribution in [0.3, 0.4) is 0 Å². The number of benzene rings is 8. The molecule has 0 aliphatic heterocycles. The molecule has 0 unspecified atom stereocenters. The molecule has 0 aliphatic rings. The predicted molar refractivity (Wildman–Crippen MR) is 256 cm³/mol. The Morgan fingerprint density at radius 2 is 0.935 bits per heavy atom. The summed E-state index contributed by atoms with van der Waals surface area (Å²) in [6.07, 6.45) is 3.75. The molecule has 0 amide bonds. The Kier molecular flexibility index (Phi) is 8.61. The van der Waals surface area contributed by atoms with Crippen LogP contribution in [-0.4, -0.2) is 19.9 Å². The third kappa shape index (κ3) is 6.24. The Morgan fingerprint density at radius 1 is 0.371 bits per heavy atom. The van der Waals surface area contributed by atoms with E-state index >= 15 is 0 Å². The fraction of sp³-hybridized carbons (Fsp3) is 0. The molecule has 0 N–H and O–H groups in total. The van der Waals surface area contributed by atoms with E-state index in [0.29, 0.717) is 11.6 Å². The number of fused-ring (bicyclic) bond motifs is 6. The minimum atomic E-state index is 0.656. The second-order valence-corrected chi connectivity index (χ2v) is 16.4. The molecule has 0 saturated heterocycles. The van der Waals surface area contributed by atoms with Crippen LogP contribution in [0.25, 0.3) is 121 Å². The normalized spacial score (nSPS) is 11.5. The van der Waals surface area contributed by atoms with Gasteiger partial charge in [0, 0.05) is 82.3 Å². The number of thiophene rings is 1. The highest BCUT2D eigenvalue weighted by atomic mass is 32.1. The zero-order valence-corrected chi connectivity index (χ0v) is 34.1. The average Bonchev–Trinajstić information content (AvgIpc) is 3.94. The third-order valence-corrected chi connectivity index (χ3v) is 12.9. The molecule has 0 radical (unpaired) electrons. The van der Waals surface area contributed by atoms with Gasteiger partial charge in [-0.15, -0.1) is 11.3 Å². The van der Waals surface area contributed by atoms with Gasteiger partial charge in [-0.2, -0.15) is 0 Å². The van der Waals surface area contributed by atoms with Gasteiger partial charge in [-0.3, -0.25) is 0 Å². The quantitative estimate of drug-likeness (QED) is 0.160. The maximum Gasteiger partial charge on any atom is 0.160 e. The molecule has 4 aromatic heterocycles.